The van der Waals surface area contributed by atoms with Crippen molar-refractivity contribution < 1.29 is 17.9 Å². The molecule has 9 nitrogen and oxygen atoms in total. The lowest BCUT2D eigenvalue weighted by molar-refractivity contribution is 0.408. The Balaban J connectivity index is 1.93. The number of furan rings is 1. The lowest BCUT2D eigenvalue weighted by Gasteiger charge is -2.21. The van der Waals surface area contributed by atoms with Gasteiger partial charge in [0.25, 0.3) is 0 Å². The van der Waals surface area contributed by atoms with Crippen LogP contribution in [0, 0.1) is 19.8 Å². The van der Waals surface area contributed by atoms with Crippen molar-refractivity contribution in [2.45, 2.75) is 38.6 Å². The van der Waals surface area contributed by atoms with Crippen LogP contribution in [-0.4, -0.2) is 22.3 Å². The molecule has 2 heterocycles. The van der Waals surface area contributed by atoms with E-state index < -0.39 is 20.7 Å². The van der Waals surface area contributed by atoms with Crippen LogP contribution >= 0.6 is 23.3 Å². The Kier molecular flexibility index (Phi) is 6.27. The molecule has 0 saturated carbocycles. The number of aromatic nitrogens is 2. The van der Waals surface area contributed by atoms with Crippen molar-refractivity contribution in [1.82, 2.24) is 8.75 Å². The van der Waals surface area contributed by atoms with Gasteiger partial charge >= 0.3 is 0 Å². The number of nitrogens with zero attached hydrogens (tertiary/aromatic N) is 2. The number of hydrogen-bond donors (Lipinski definition) is 4. The Morgan fingerprint density at radius 1 is 1.23 bits per heavy atom. The van der Waals surface area contributed by atoms with E-state index in [-0.39, 0.29) is 22.7 Å². The first-order chi connectivity index (χ1) is 14.0. The molecule has 0 aliphatic carbocycles. The van der Waals surface area contributed by atoms with Crippen LogP contribution in [0.3, 0.4) is 0 Å². The number of aryl methyl sites for hydroxylation is 2. The Bertz CT molecular complexity index is 1150. The number of nitrogens with two attached hydrogens (primary N) is 1. The molecule has 0 fully saturated rings. The summed E-state index contributed by atoms with van der Waals surface area (Å²) in [6.07, 6.45) is 0. The number of phenols is 1. The standard InChI is InChI=1S/C18H22ClN5O4S2/c1-8(2)14(13-7-9(3)10(4)28-13)22-18-17(23-29-24-18)21-12-6-5-11(19)16(15(12)25)30(20,26)27/h5-8,14,25H,1-4H3,(H,21,23)(H,22,24)(H2,20,26,27)/t14-/m1/s1. The van der Waals surface area contributed by atoms with E-state index in [0.29, 0.717) is 11.6 Å². The maximum Gasteiger partial charge on any atom is 0.243 e. The minimum absolute atomic E-state index is 0.0740. The Morgan fingerprint density at radius 3 is 2.47 bits per heavy atom. The number of sulfonamides is 1. The van der Waals surface area contributed by atoms with Crippen molar-refractivity contribution in [2.24, 2.45) is 11.1 Å². The second-order valence-corrected chi connectivity index (χ2v) is 9.59. The molecule has 5 N–H and O–H groups in total. The maximum absolute atomic E-state index is 11.8. The normalized spacial score (nSPS) is 12.9. The van der Waals surface area contributed by atoms with Gasteiger partial charge in [-0.05, 0) is 43.5 Å². The molecular formula is C18H22ClN5O4S2. The summed E-state index contributed by atoms with van der Waals surface area (Å²) in [4.78, 5) is -0.562. The molecule has 0 aliphatic rings. The first kappa shape index (κ1) is 22.3. The van der Waals surface area contributed by atoms with Gasteiger partial charge in [0, 0.05) is 0 Å². The quantitative estimate of drug-likeness (QED) is 0.373. The van der Waals surface area contributed by atoms with E-state index in [1.165, 1.54) is 12.1 Å². The van der Waals surface area contributed by atoms with Gasteiger partial charge < -0.3 is 20.2 Å². The predicted molar refractivity (Wildman–Crippen MR) is 117 cm³/mol. The summed E-state index contributed by atoms with van der Waals surface area (Å²) < 4.78 is 37.9. The van der Waals surface area contributed by atoms with Gasteiger partial charge in [0.15, 0.2) is 17.4 Å². The van der Waals surface area contributed by atoms with E-state index in [2.05, 4.69) is 19.4 Å². The van der Waals surface area contributed by atoms with Gasteiger partial charge in [-0.15, -0.1) is 0 Å². The van der Waals surface area contributed by atoms with Gasteiger partial charge in [-0.2, -0.15) is 8.75 Å². The predicted octanol–water partition coefficient (Wildman–Crippen LogP) is 4.31. The fourth-order valence-electron chi connectivity index (χ4n) is 2.88. The zero-order valence-electron chi connectivity index (χ0n) is 16.7. The highest BCUT2D eigenvalue weighted by atomic mass is 35.5. The number of aromatic hydroxyl groups is 1. The van der Waals surface area contributed by atoms with Crippen LogP contribution < -0.4 is 15.8 Å². The van der Waals surface area contributed by atoms with Gasteiger partial charge in [0.1, 0.15) is 16.4 Å². The van der Waals surface area contributed by atoms with Gasteiger partial charge in [-0.1, -0.05) is 25.4 Å². The second-order valence-electron chi connectivity index (χ2n) is 7.16. The number of anilines is 3. The van der Waals surface area contributed by atoms with E-state index >= 15 is 0 Å². The Hall–Kier alpha value is -2.34. The average molecular weight is 472 g/mol. The molecule has 1 aromatic carbocycles. The van der Waals surface area contributed by atoms with Crippen LogP contribution in [0.2, 0.25) is 5.02 Å². The summed E-state index contributed by atoms with van der Waals surface area (Å²) in [6, 6.07) is 4.54. The molecule has 0 bridgehead atoms. The maximum atomic E-state index is 11.8. The summed E-state index contributed by atoms with van der Waals surface area (Å²) in [6.45, 7) is 7.96. The van der Waals surface area contributed by atoms with E-state index in [1.54, 1.807) is 0 Å². The van der Waals surface area contributed by atoms with Crippen LogP contribution in [0.5, 0.6) is 5.75 Å². The molecule has 3 rings (SSSR count). The molecule has 162 valence electrons. The molecule has 30 heavy (non-hydrogen) atoms. The van der Waals surface area contributed by atoms with Crippen LogP contribution in [0.4, 0.5) is 17.3 Å². The second kappa shape index (κ2) is 8.42. The lowest BCUT2D eigenvalue weighted by Crippen LogP contribution is -2.17. The summed E-state index contributed by atoms with van der Waals surface area (Å²) in [5.41, 5.74) is 1.12. The number of rotatable bonds is 7. The smallest absolute Gasteiger partial charge is 0.243 e. The van der Waals surface area contributed by atoms with E-state index in [9.17, 15) is 13.5 Å². The average Bonchev–Trinajstić information content (AvgIpc) is 3.20. The Labute approximate surface area is 183 Å². The van der Waals surface area contributed by atoms with Crippen LogP contribution in [0.1, 0.15) is 37.0 Å². The van der Waals surface area contributed by atoms with Gasteiger partial charge in [-0.25, -0.2) is 13.6 Å². The highest BCUT2D eigenvalue weighted by Gasteiger charge is 2.25. The van der Waals surface area contributed by atoms with Crippen molar-refractivity contribution in [1.29, 1.82) is 0 Å². The zero-order valence-corrected chi connectivity index (χ0v) is 19.1. The summed E-state index contributed by atoms with van der Waals surface area (Å²) in [5, 5.41) is 21.6. The van der Waals surface area contributed by atoms with Crippen molar-refractivity contribution in [3.05, 3.63) is 40.3 Å². The summed E-state index contributed by atoms with van der Waals surface area (Å²) >= 11 is 6.85. The number of phenolic OH excluding ortho intramolecular Hbond substituents is 1. The summed E-state index contributed by atoms with van der Waals surface area (Å²) in [5.74, 6) is 1.92. The van der Waals surface area contributed by atoms with Crippen LogP contribution in [0.25, 0.3) is 0 Å². The number of nitrogens with one attached hydrogen (secondary N) is 2. The minimum Gasteiger partial charge on any atom is -0.504 e. The lowest BCUT2D eigenvalue weighted by atomic mass is 10.0. The molecule has 0 spiro atoms. The number of benzene rings is 1. The largest absolute Gasteiger partial charge is 0.504 e. The van der Waals surface area contributed by atoms with E-state index in [1.807, 2.05) is 33.8 Å². The molecule has 0 saturated heterocycles. The zero-order chi connectivity index (χ0) is 22.2. The molecule has 0 unspecified atom stereocenters. The van der Waals surface area contributed by atoms with Crippen molar-refractivity contribution in [3.8, 4) is 5.75 Å². The third kappa shape index (κ3) is 4.53. The highest BCUT2D eigenvalue weighted by molar-refractivity contribution is 7.89. The molecule has 0 aliphatic heterocycles. The van der Waals surface area contributed by atoms with Crippen LogP contribution in [-0.2, 0) is 10.0 Å². The van der Waals surface area contributed by atoms with Crippen LogP contribution in [0.15, 0.2) is 27.5 Å². The number of primary sulfonamides is 1. The SMILES string of the molecule is Cc1cc([C@H](Nc2nsnc2Nc2ccc(Cl)c(S(N)(=O)=O)c2O)C(C)C)oc1C. The highest BCUT2D eigenvalue weighted by Crippen LogP contribution is 2.39. The van der Waals surface area contributed by atoms with Crippen molar-refractivity contribution >= 4 is 50.7 Å². The number of halogens is 1. The summed E-state index contributed by atoms with van der Waals surface area (Å²) in [7, 11) is -4.23. The monoisotopic (exact) mass is 471 g/mol. The first-order valence-electron chi connectivity index (χ1n) is 8.96. The first-order valence-corrected chi connectivity index (χ1v) is 11.6. The van der Waals surface area contributed by atoms with Gasteiger partial charge in [-0.3, -0.25) is 0 Å². The van der Waals surface area contributed by atoms with Gasteiger partial charge in [0.05, 0.1) is 28.5 Å². The van der Waals surface area contributed by atoms with Gasteiger partial charge in [0.2, 0.25) is 10.0 Å². The topological polar surface area (TPSA) is 143 Å². The fourth-order valence-corrected chi connectivity index (χ4v) is 4.55. The molecule has 0 amide bonds. The molecule has 3 aromatic rings. The molecule has 0 radical (unpaired) electrons. The van der Waals surface area contributed by atoms with Crippen molar-refractivity contribution in [3.63, 3.8) is 0 Å². The minimum atomic E-state index is -4.23. The molecule has 1 atom stereocenters. The fraction of sp³-hybridized carbons (Fsp3) is 0.333. The molecule has 2 aromatic heterocycles. The number of hydrogen-bond acceptors (Lipinski definition) is 9. The molecule has 12 heteroatoms. The third-order valence-corrected chi connectivity index (χ3v) is 6.50. The third-order valence-electron chi connectivity index (χ3n) is 4.56. The molecular weight excluding hydrogens is 450 g/mol. The Morgan fingerprint density at radius 2 is 1.90 bits per heavy atom. The van der Waals surface area contributed by atoms with E-state index in [4.69, 9.17) is 21.2 Å². The van der Waals surface area contributed by atoms with Crippen molar-refractivity contribution in [2.75, 3.05) is 10.6 Å². The van der Waals surface area contributed by atoms with E-state index in [0.717, 1.165) is 28.8 Å².